The van der Waals surface area contributed by atoms with Gasteiger partial charge in [0.15, 0.2) is 0 Å². The Labute approximate surface area is 473 Å². The van der Waals surface area contributed by atoms with E-state index < -0.39 is 0 Å². The van der Waals surface area contributed by atoms with E-state index in [-0.39, 0.29) is 5.41 Å². The summed E-state index contributed by atoms with van der Waals surface area (Å²) in [5.74, 6) is 0. The van der Waals surface area contributed by atoms with Crippen LogP contribution in [0.2, 0.25) is 0 Å². The summed E-state index contributed by atoms with van der Waals surface area (Å²) in [6, 6.07) is 94.4. The molecular weight excluding hydrogens is 965 g/mol. The Kier molecular flexibility index (Phi) is 14.2. The highest BCUT2D eigenvalue weighted by Gasteiger charge is 2.42. The van der Waals surface area contributed by atoms with Gasteiger partial charge >= 0.3 is 0 Å². The highest BCUT2D eigenvalue weighted by Crippen LogP contribution is 2.55. The molecule has 80 heavy (non-hydrogen) atoms. The van der Waals surface area contributed by atoms with Crippen molar-refractivity contribution in [1.29, 1.82) is 0 Å². The van der Waals surface area contributed by atoms with Gasteiger partial charge in [-0.05, 0) is 144 Å². The standard InChI is InChI=1S/C78H68N2/c1-3-5-7-24-51-78(52-25-8-6-4-2)72-40-23-22-33-64(72)65-50-47-59(53-73(65)78)74-54-71(56-45-48-62(49-46-56)80(60-29-14-10-15-30-60)61-31-16-11-17-32-61)70-39-26-38-63(77(70)79-74)55-41-43-58(44-42-55)76-68-36-20-18-34-66(68)75(57-27-12-9-13-28-57)67-35-19-21-37-69(67)76/h9-23,26-50,53-54H,3-8,24-25,51-52H2,1-2H3. The van der Waals surface area contributed by atoms with Crippen LogP contribution in [0.25, 0.3) is 99.3 Å². The third kappa shape index (κ3) is 9.37. The summed E-state index contributed by atoms with van der Waals surface area (Å²) < 4.78 is 0. The summed E-state index contributed by atoms with van der Waals surface area (Å²) in [5.41, 5.74) is 21.9. The second kappa shape index (κ2) is 22.5. The predicted octanol–water partition coefficient (Wildman–Crippen LogP) is 22.6. The van der Waals surface area contributed by atoms with E-state index in [1.165, 1.54) is 141 Å². The van der Waals surface area contributed by atoms with E-state index in [1.54, 1.807) is 0 Å². The third-order valence-corrected chi connectivity index (χ3v) is 17.3. The fourth-order valence-electron chi connectivity index (χ4n) is 13.4. The molecule has 0 saturated carbocycles. The van der Waals surface area contributed by atoms with Gasteiger partial charge in [0, 0.05) is 39.0 Å². The zero-order chi connectivity index (χ0) is 53.8. The Bertz CT molecular complexity index is 4010. The smallest absolute Gasteiger partial charge is 0.0794 e. The number of aromatic nitrogens is 1. The number of para-hydroxylation sites is 3. The van der Waals surface area contributed by atoms with Crippen LogP contribution < -0.4 is 4.90 Å². The molecular formula is C78H68N2. The van der Waals surface area contributed by atoms with E-state index in [2.05, 4.69) is 274 Å². The minimum Gasteiger partial charge on any atom is -0.311 e. The van der Waals surface area contributed by atoms with Crippen LogP contribution in [0.5, 0.6) is 0 Å². The number of anilines is 3. The van der Waals surface area contributed by atoms with E-state index in [0.717, 1.165) is 50.3 Å². The number of unbranched alkanes of at least 4 members (excludes halogenated alkanes) is 6. The van der Waals surface area contributed by atoms with Crippen molar-refractivity contribution in [3.05, 3.63) is 266 Å². The molecule has 0 aliphatic heterocycles. The fourth-order valence-corrected chi connectivity index (χ4v) is 13.4. The second-order valence-corrected chi connectivity index (χ2v) is 22.1. The predicted molar refractivity (Wildman–Crippen MR) is 342 cm³/mol. The molecule has 390 valence electrons. The van der Waals surface area contributed by atoms with Gasteiger partial charge in [0.05, 0.1) is 11.2 Å². The Hall–Kier alpha value is -8.85. The van der Waals surface area contributed by atoms with Crippen molar-refractivity contribution in [1.82, 2.24) is 4.98 Å². The molecule has 0 saturated heterocycles. The summed E-state index contributed by atoms with van der Waals surface area (Å²) >= 11 is 0. The van der Waals surface area contributed by atoms with Crippen LogP contribution >= 0.6 is 0 Å². The van der Waals surface area contributed by atoms with Crippen LogP contribution in [0.15, 0.2) is 255 Å². The van der Waals surface area contributed by atoms with Crippen LogP contribution in [0, 0.1) is 0 Å². The first-order valence-corrected chi connectivity index (χ1v) is 29.4. The first kappa shape index (κ1) is 50.6. The summed E-state index contributed by atoms with van der Waals surface area (Å²) in [6.07, 6.45) is 12.4. The van der Waals surface area contributed by atoms with Gasteiger partial charge in [-0.3, -0.25) is 0 Å². The van der Waals surface area contributed by atoms with E-state index in [0.29, 0.717) is 0 Å². The largest absolute Gasteiger partial charge is 0.311 e. The number of hydrogen-bond donors (Lipinski definition) is 0. The van der Waals surface area contributed by atoms with Gasteiger partial charge in [-0.15, -0.1) is 0 Å². The van der Waals surface area contributed by atoms with Crippen molar-refractivity contribution >= 4 is 49.5 Å². The van der Waals surface area contributed by atoms with E-state index >= 15 is 0 Å². The first-order valence-electron chi connectivity index (χ1n) is 29.4. The molecule has 2 nitrogen and oxygen atoms in total. The van der Waals surface area contributed by atoms with Crippen LogP contribution in [0.1, 0.15) is 89.2 Å². The number of pyridine rings is 1. The Morgan fingerprint density at radius 2 is 0.750 bits per heavy atom. The van der Waals surface area contributed by atoms with Crippen LogP contribution in [-0.2, 0) is 5.41 Å². The van der Waals surface area contributed by atoms with E-state index in [4.69, 9.17) is 4.98 Å². The van der Waals surface area contributed by atoms with Crippen molar-refractivity contribution in [3.8, 4) is 66.9 Å². The maximum Gasteiger partial charge on any atom is 0.0794 e. The lowest BCUT2D eigenvalue weighted by atomic mass is 9.70. The van der Waals surface area contributed by atoms with Crippen molar-refractivity contribution < 1.29 is 0 Å². The molecule has 1 aliphatic carbocycles. The lowest BCUT2D eigenvalue weighted by molar-refractivity contribution is 0.401. The molecule has 0 amide bonds. The van der Waals surface area contributed by atoms with Gasteiger partial charge in [-0.25, -0.2) is 4.98 Å². The maximum atomic E-state index is 5.82. The molecule has 2 heteroatoms. The van der Waals surface area contributed by atoms with Crippen molar-refractivity contribution in [3.63, 3.8) is 0 Å². The molecule has 1 aromatic heterocycles. The number of benzene rings is 11. The lowest BCUT2D eigenvalue weighted by Crippen LogP contribution is -2.25. The molecule has 0 bridgehead atoms. The fraction of sp³-hybridized carbons (Fsp3) is 0.167. The normalized spacial score (nSPS) is 12.5. The molecule has 0 atom stereocenters. The maximum absolute atomic E-state index is 5.82. The summed E-state index contributed by atoms with van der Waals surface area (Å²) in [4.78, 5) is 8.16. The zero-order valence-electron chi connectivity index (χ0n) is 46.2. The summed E-state index contributed by atoms with van der Waals surface area (Å²) in [6.45, 7) is 4.65. The van der Waals surface area contributed by atoms with Crippen molar-refractivity contribution in [2.45, 2.75) is 83.5 Å². The third-order valence-electron chi connectivity index (χ3n) is 17.3. The molecule has 0 spiro atoms. The first-order chi connectivity index (χ1) is 39.6. The molecule has 1 aliphatic rings. The Morgan fingerprint density at radius 1 is 0.312 bits per heavy atom. The number of fused-ring (bicyclic) bond motifs is 6. The molecule has 0 N–H and O–H groups in total. The van der Waals surface area contributed by atoms with Gasteiger partial charge in [-0.2, -0.15) is 0 Å². The van der Waals surface area contributed by atoms with E-state index in [1.807, 2.05) is 0 Å². The summed E-state index contributed by atoms with van der Waals surface area (Å²) in [5, 5.41) is 6.16. The zero-order valence-corrected chi connectivity index (χ0v) is 46.2. The quantitative estimate of drug-likeness (QED) is 0.0629. The molecule has 12 aromatic rings. The van der Waals surface area contributed by atoms with Crippen molar-refractivity contribution in [2.75, 3.05) is 4.90 Å². The van der Waals surface area contributed by atoms with Crippen LogP contribution in [0.4, 0.5) is 17.1 Å². The van der Waals surface area contributed by atoms with E-state index in [9.17, 15) is 0 Å². The molecule has 13 rings (SSSR count). The van der Waals surface area contributed by atoms with Gasteiger partial charge < -0.3 is 4.90 Å². The monoisotopic (exact) mass is 1030 g/mol. The lowest BCUT2D eigenvalue weighted by Gasteiger charge is -2.33. The van der Waals surface area contributed by atoms with Gasteiger partial charge in [0.25, 0.3) is 0 Å². The van der Waals surface area contributed by atoms with Gasteiger partial charge in [-0.1, -0.05) is 271 Å². The second-order valence-electron chi connectivity index (χ2n) is 22.1. The average Bonchev–Trinajstić information content (AvgIpc) is 3.97. The highest BCUT2D eigenvalue weighted by molar-refractivity contribution is 6.21. The van der Waals surface area contributed by atoms with Gasteiger partial charge in [0.1, 0.15) is 0 Å². The van der Waals surface area contributed by atoms with Crippen molar-refractivity contribution in [2.24, 2.45) is 0 Å². The SMILES string of the molecule is CCCCCCC1(CCCCCC)c2ccccc2-c2ccc(-c3cc(-c4ccc(N(c5ccccc5)c5ccccc5)cc4)c4cccc(-c5ccc(-c6c7ccccc7c(-c7ccccc7)c7ccccc67)cc5)c4n3)cc21. The molecule has 0 fully saturated rings. The minimum atomic E-state index is -0.0340. The molecule has 1 heterocycles. The highest BCUT2D eigenvalue weighted by atomic mass is 15.1. The molecule has 11 aromatic carbocycles. The minimum absolute atomic E-state index is 0.0340. The van der Waals surface area contributed by atoms with Gasteiger partial charge in [0.2, 0.25) is 0 Å². The Balaban J connectivity index is 0.971. The average molecular weight is 1030 g/mol. The Morgan fingerprint density at radius 3 is 1.34 bits per heavy atom. The molecule has 0 unspecified atom stereocenters. The number of rotatable bonds is 18. The van der Waals surface area contributed by atoms with Crippen LogP contribution in [0.3, 0.4) is 0 Å². The topological polar surface area (TPSA) is 16.1 Å². The number of hydrogen-bond acceptors (Lipinski definition) is 2. The molecule has 0 radical (unpaired) electrons. The van der Waals surface area contributed by atoms with Crippen LogP contribution in [-0.4, -0.2) is 4.98 Å². The number of nitrogens with zero attached hydrogens (tertiary/aromatic N) is 2. The summed E-state index contributed by atoms with van der Waals surface area (Å²) in [7, 11) is 0.